The second-order valence-electron chi connectivity index (χ2n) is 7.62. The van der Waals surface area contributed by atoms with Crippen LogP contribution < -0.4 is 0 Å². The monoisotopic (exact) mass is 452 g/mol. The van der Waals surface area contributed by atoms with Crippen LogP contribution in [-0.4, -0.2) is 41.2 Å². The molecule has 2 amide bonds. The van der Waals surface area contributed by atoms with E-state index in [0.717, 1.165) is 17.7 Å². The summed E-state index contributed by atoms with van der Waals surface area (Å²) < 4.78 is 38.1. The van der Waals surface area contributed by atoms with Crippen molar-refractivity contribution in [1.82, 2.24) is 9.80 Å². The molecule has 0 saturated carbocycles. The lowest BCUT2D eigenvalue weighted by atomic mass is 9.94. The van der Waals surface area contributed by atoms with Gasteiger partial charge in [-0.3, -0.25) is 9.59 Å². The Morgan fingerprint density at radius 1 is 1.10 bits per heavy atom. The van der Waals surface area contributed by atoms with Crippen molar-refractivity contribution in [1.29, 1.82) is 0 Å². The highest BCUT2D eigenvalue weighted by Gasteiger charge is 2.32. The summed E-state index contributed by atoms with van der Waals surface area (Å²) in [4.78, 5) is 29.0. The van der Waals surface area contributed by atoms with Crippen LogP contribution in [0.15, 0.2) is 48.5 Å². The summed E-state index contributed by atoms with van der Waals surface area (Å²) >= 11 is 6.03. The topological polar surface area (TPSA) is 40.6 Å². The summed E-state index contributed by atoms with van der Waals surface area (Å²) in [6.45, 7) is 3.75. The van der Waals surface area contributed by atoms with Gasteiger partial charge in [0.25, 0.3) is 5.91 Å². The Bertz CT molecular complexity index is 923. The zero-order valence-corrected chi connectivity index (χ0v) is 17.9. The molecule has 1 aliphatic rings. The van der Waals surface area contributed by atoms with E-state index in [4.69, 9.17) is 11.6 Å². The molecular formula is C23H24ClF3N2O2. The quantitative estimate of drug-likeness (QED) is 0.621. The molecule has 0 N–H and O–H groups in total. The maximum atomic E-state index is 13.0. The Labute approximate surface area is 184 Å². The van der Waals surface area contributed by atoms with Gasteiger partial charge >= 0.3 is 6.18 Å². The first-order valence-electron chi connectivity index (χ1n) is 10.2. The van der Waals surface area contributed by atoms with Gasteiger partial charge in [-0.05, 0) is 61.7 Å². The number of halogens is 4. The standard InChI is InChI=1S/C23H24ClF3N2O2/c1-2-28(15-16-4-3-5-20(24)14-16)21(30)18-10-12-29(13-11-18)22(31)17-6-8-19(9-7-17)23(25,26)27/h3-9,14,18H,2,10-13,15H2,1H3. The lowest BCUT2D eigenvalue weighted by Crippen LogP contribution is -2.44. The van der Waals surface area contributed by atoms with Crippen LogP contribution in [0.4, 0.5) is 13.2 Å². The van der Waals surface area contributed by atoms with Gasteiger partial charge in [0, 0.05) is 42.7 Å². The van der Waals surface area contributed by atoms with Gasteiger partial charge in [0.05, 0.1) is 5.56 Å². The molecule has 166 valence electrons. The molecule has 0 radical (unpaired) electrons. The summed E-state index contributed by atoms with van der Waals surface area (Å²) in [6.07, 6.45) is -3.38. The van der Waals surface area contributed by atoms with Crippen molar-refractivity contribution in [3.05, 3.63) is 70.2 Å². The Hall–Kier alpha value is -2.54. The van der Waals surface area contributed by atoms with Crippen LogP contribution in [0.2, 0.25) is 5.02 Å². The molecule has 4 nitrogen and oxygen atoms in total. The second-order valence-corrected chi connectivity index (χ2v) is 8.06. The van der Waals surface area contributed by atoms with Crippen LogP contribution in [0.5, 0.6) is 0 Å². The van der Waals surface area contributed by atoms with Gasteiger partial charge in [-0.15, -0.1) is 0 Å². The molecular weight excluding hydrogens is 429 g/mol. The van der Waals surface area contributed by atoms with E-state index < -0.39 is 11.7 Å². The predicted octanol–water partition coefficient (Wildman–Crippen LogP) is 5.26. The van der Waals surface area contributed by atoms with Crippen molar-refractivity contribution in [2.75, 3.05) is 19.6 Å². The van der Waals surface area contributed by atoms with E-state index in [9.17, 15) is 22.8 Å². The minimum Gasteiger partial charge on any atom is -0.339 e. The molecule has 31 heavy (non-hydrogen) atoms. The van der Waals surface area contributed by atoms with Crippen LogP contribution in [0.1, 0.15) is 41.3 Å². The van der Waals surface area contributed by atoms with Gasteiger partial charge in [0.15, 0.2) is 0 Å². The molecule has 0 unspecified atom stereocenters. The number of hydrogen-bond acceptors (Lipinski definition) is 2. The van der Waals surface area contributed by atoms with E-state index in [1.165, 1.54) is 12.1 Å². The summed E-state index contributed by atoms with van der Waals surface area (Å²) in [5.41, 5.74) is 0.388. The average molecular weight is 453 g/mol. The van der Waals surface area contributed by atoms with Crippen molar-refractivity contribution >= 4 is 23.4 Å². The molecule has 1 aliphatic heterocycles. The number of carbonyl (C=O) groups excluding carboxylic acids is 2. The van der Waals surface area contributed by atoms with Crippen LogP contribution in [0, 0.1) is 5.92 Å². The third-order valence-electron chi connectivity index (χ3n) is 5.55. The Kier molecular flexibility index (Phi) is 7.26. The molecule has 2 aromatic rings. The van der Waals surface area contributed by atoms with Gasteiger partial charge in [-0.1, -0.05) is 23.7 Å². The third kappa shape index (κ3) is 5.79. The number of piperidine rings is 1. The van der Waals surface area contributed by atoms with Crippen molar-refractivity contribution in [2.24, 2.45) is 5.92 Å². The Morgan fingerprint density at radius 2 is 1.74 bits per heavy atom. The highest BCUT2D eigenvalue weighted by atomic mass is 35.5. The van der Waals surface area contributed by atoms with Crippen LogP contribution in [0.25, 0.3) is 0 Å². The van der Waals surface area contributed by atoms with E-state index in [1.807, 2.05) is 25.1 Å². The van der Waals surface area contributed by atoms with E-state index in [0.29, 0.717) is 44.0 Å². The number of rotatable bonds is 5. The molecule has 0 atom stereocenters. The Balaban J connectivity index is 1.57. The van der Waals surface area contributed by atoms with Gasteiger partial charge in [0.1, 0.15) is 0 Å². The summed E-state index contributed by atoms with van der Waals surface area (Å²) in [6, 6.07) is 11.6. The first-order chi connectivity index (χ1) is 14.7. The van der Waals surface area contributed by atoms with Crippen LogP contribution >= 0.6 is 11.6 Å². The smallest absolute Gasteiger partial charge is 0.339 e. The fraction of sp³-hybridized carbons (Fsp3) is 0.391. The maximum Gasteiger partial charge on any atom is 0.416 e. The van der Waals surface area contributed by atoms with Gasteiger partial charge in [0.2, 0.25) is 5.91 Å². The zero-order chi connectivity index (χ0) is 22.6. The van der Waals surface area contributed by atoms with E-state index in [-0.39, 0.29) is 23.3 Å². The number of nitrogens with zero attached hydrogens (tertiary/aromatic N) is 2. The minimum absolute atomic E-state index is 0.0455. The van der Waals surface area contributed by atoms with Crippen LogP contribution in [-0.2, 0) is 17.5 Å². The van der Waals surface area contributed by atoms with E-state index >= 15 is 0 Å². The van der Waals surface area contributed by atoms with Gasteiger partial charge in [-0.2, -0.15) is 13.2 Å². The molecule has 0 aromatic heterocycles. The van der Waals surface area contributed by atoms with Crippen molar-refractivity contribution in [3.8, 4) is 0 Å². The molecule has 0 spiro atoms. The lowest BCUT2D eigenvalue weighted by molar-refractivity contribution is -0.138. The molecule has 2 aromatic carbocycles. The summed E-state index contributed by atoms with van der Waals surface area (Å²) in [5, 5.41) is 0.621. The lowest BCUT2D eigenvalue weighted by Gasteiger charge is -2.34. The molecule has 1 fully saturated rings. The molecule has 8 heteroatoms. The number of benzene rings is 2. The first kappa shape index (κ1) is 23.1. The SMILES string of the molecule is CCN(Cc1cccc(Cl)c1)C(=O)C1CCN(C(=O)c2ccc(C(F)(F)F)cc2)CC1. The summed E-state index contributed by atoms with van der Waals surface area (Å²) in [5.74, 6) is -0.453. The highest BCUT2D eigenvalue weighted by Crippen LogP contribution is 2.29. The summed E-state index contributed by atoms with van der Waals surface area (Å²) in [7, 11) is 0. The third-order valence-corrected chi connectivity index (χ3v) is 5.78. The van der Waals surface area contributed by atoms with Crippen molar-refractivity contribution in [3.63, 3.8) is 0 Å². The fourth-order valence-electron chi connectivity index (χ4n) is 3.77. The minimum atomic E-state index is -4.43. The normalized spacial score (nSPS) is 15.1. The molecule has 0 bridgehead atoms. The number of carbonyl (C=O) groups is 2. The van der Waals surface area contributed by atoms with Gasteiger partial charge < -0.3 is 9.80 Å². The molecule has 1 heterocycles. The number of alkyl halides is 3. The highest BCUT2D eigenvalue weighted by molar-refractivity contribution is 6.30. The average Bonchev–Trinajstić information content (AvgIpc) is 2.76. The fourth-order valence-corrected chi connectivity index (χ4v) is 3.99. The maximum absolute atomic E-state index is 13.0. The van der Waals surface area contributed by atoms with Crippen LogP contribution in [0.3, 0.4) is 0 Å². The number of amides is 2. The van der Waals surface area contributed by atoms with Gasteiger partial charge in [-0.25, -0.2) is 0 Å². The van der Waals surface area contributed by atoms with E-state index in [1.54, 1.807) is 15.9 Å². The van der Waals surface area contributed by atoms with Crippen molar-refractivity contribution in [2.45, 2.75) is 32.5 Å². The van der Waals surface area contributed by atoms with Crippen molar-refractivity contribution < 1.29 is 22.8 Å². The molecule has 3 rings (SSSR count). The number of hydrogen-bond donors (Lipinski definition) is 0. The number of likely N-dealkylation sites (tertiary alicyclic amines) is 1. The molecule has 1 saturated heterocycles. The first-order valence-corrected chi connectivity index (χ1v) is 10.6. The molecule has 0 aliphatic carbocycles. The Morgan fingerprint density at radius 3 is 2.29 bits per heavy atom. The predicted molar refractivity (Wildman–Crippen MR) is 113 cm³/mol. The largest absolute Gasteiger partial charge is 0.416 e. The second kappa shape index (κ2) is 9.73. The zero-order valence-electron chi connectivity index (χ0n) is 17.2. The van der Waals surface area contributed by atoms with E-state index in [2.05, 4.69) is 0 Å².